The molecule has 0 aromatic carbocycles. The quantitative estimate of drug-likeness (QED) is 0.845. The summed E-state index contributed by atoms with van der Waals surface area (Å²) in [6.45, 7) is 7.11. The zero-order valence-corrected chi connectivity index (χ0v) is 13.1. The van der Waals surface area contributed by atoms with E-state index in [2.05, 4.69) is 13.8 Å². The molecule has 116 valence electrons. The lowest BCUT2D eigenvalue weighted by atomic mass is 9.70. The fourth-order valence-corrected chi connectivity index (χ4v) is 4.76. The van der Waals surface area contributed by atoms with Crippen LogP contribution in [0.25, 0.3) is 0 Å². The lowest BCUT2D eigenvalue weighted by molar-refractivity contribution is -0.165. The molecule has 3 fully saturated rings. The second-order valence-corrected chi connectivity index (χ2v) is 7.87. The number of aliphatic hydroxyl groups excluding tert-OH is 1. The Labute approximate surface area is 123 Å². The van der Waals surface area contributed by atoms with E-state index in [0.717, 1.165) is 45.5 Å². The Balaban J connectivity index is 1.67. The van der Waals surface area contributed by atoms with Crippen LogP contribution in [-0.2, 0) is 9.47 Å². The molecule has 0 bridgehead atoms. The summed E-state index contributed by atoms with van der Waals surface area (Å²) in [5, 5.41) is 10.9. The van der Waals surface area contributed by atoms with E-state index >= 15 is 0 Å². The highest BCUT2D eigenvalue weighted by Gasteiger charge is 2.46. The van der Waals surface area contributed by atoms with Gasteiger partial charge in [-0.05, 0) is 55.8 Å². The number of aliphatic hydroxyl groups is 1. The first kappa shape index (κ1) is 14.8. The molecule has 3 nitrogen and oxygen atoms in total. The van der Waals surface area contributed by atoms with Gasteiger partial charge in [-0.15, -0.1) is 0 Å². The van der Waals surface area contributed by atoms with Gasteiger partial charge < -0.3 is 14.6 Å². The standard InChI is InChI=1S/C17H30O3/c1-16(2)6-3-4-14(16)15(18)13-5-9-20-17(12-13)7-10-19-11-8-17/h13-15,18H,3-12H2,1-2H3. The third kappa shape index (κ3) is 2.77. The minimum absolute atomic E-state index is 0.00485. The third-order valence-corrected chi connectivity index (χ3v) is 6.17. The summed E-state index contributed by atoms with van der Waals surface area (Å²) >= 11 is 0. The first-order valence-electron chi connectivity index (χ1n) is 8.42. The van der Waals surface area contributed by atoms with E-state index in [9.17, 15) is 5.11 Å². The van der Waals surface area contributed by atoms with Gasteiger partial charge in [0.2, 0.25) is 0 Å². The highest BCUT2D eigenvalue weighted by molar-refractivity contribution is 4.96. The molecule has 2 aliphatic heterocycles. The summed E-state index contributed by atoms with van der Waals surface area (Å²) in [7, 11) is 0. The fraction of sp³-hybridized carbons (Fsp3) is 1.00. The van der Waals surface area contributed by atoms with Crippen molar-refractivity contribution in [2.24, 2.45) is 17.3 Å². The highest BCUT2D eigenvalue weighted by Crippen LogP contribution is 2.48. The first-order valence-corrected chi connectivity index (χ1v) is 8.42. The maximum Gasteiger partial charge on any atom is 0.0730 e. The molecule has 0 amide bonds. The maximum atomic E-state index is 10.9. The first-order chi connectivity index (χ1) is 9.53. The maximum absolute atomic E-state index is 10.9. The van der Waals surface area contributed by atoms with Crippen LogP contribution in [0.15, 0.2) is 0 Å². The molecule has 20 heavy (non-hydrogen) atoms. The van der Waals surface area contributed by atoms with Gasteiger partial charge in [0.1, 0.15) is 0 Å². The molecule has 3 atom stereocenters. The van der Waals surface area contributed by atoms with E-state index in [1.807, 2.05) is 0 Å². The molecular weight excluding hydrogens is 252 g/mol. The Bertz CT molecular complexity index is 328. The monoisotopic (exact) mass is 282 g/mol. The zero-order chi connectivity index (χ0) is 14.2. The van der Waals surface area contributed by atoms with E-state index < -0.39 is 0 Å². The van der Waals surface area contributed by atoms with E-state index in [4.69, 9.17) is 9.47 Å². The highest BCUT2D eigenvalue weighted by atomic mass is 16.5. The number of hydrogen-bond donors (Lipinski definition) is 1. The van der Waals surface area contributed by atoms with Crippen molar-refractivity contribution in [1.82, 2.24) is 0 Å². The summed E-state index contributed by atoms with van der Waals surface area (Å²) in [6.07, 6.45) is 7.65. The van der Waals surface area contributed by atoms with Crippen molar-refractivity contribution >= 4 is 0 Å². The summed E-state index contributed by atoms with van der Waals surface area (Å²) in [4.78, 5) is 0. The summed E-state index contributed by atoms with van der Waals surface area (Å²) in [6, 6.07) is 0. The van der Waals surface area contributed by atoms with Gasteiger partial charge in [0.05, 0.1) is 11.7 Å². The molecule has 0 aromatic heterocycles. The summed E-state index contributed by atoms with van der Waals surface area (Å²) in [5.41, 5.74) is 0.311. The van der Waals surface area contributed by atoms with E-state index in [1.54, 1.807) is 0 Å². The van der Waals surface area contributed by atoms with Crippen LogP contribution in [-0.4, -0.2) is 36.6 Å². The predicted octanol–water partition coefficient (Wildman–Crippen LogP) is 3.15. The van der Waals surface area contributed by atoms with Crippen molar-refractivity contribution in [1.29, 1.82) is 0 Å². The number of hydrogen-bond acceptors (Lipinski definition) is 3. The SMILES string of the molecule is CC1(C)CCCC1C(O)C1CCOC2(CCOCC2)C1. The molecule has 2 saturated heterocycles. The van der Waals surface area contributed by atoms with Crippen molar-refractivity contribution in [3.05, 3.63) is 0 Å². The largest absolute Gasteiger partial charge is 0.393 e. The third-order valence-electron chi connectivity index (χ3n) is 6.17. The Morgan fingerprint density at radius 3 is 2.45 bits per heavy atom. The molecule has 1 saturated carbocycles. The van der Waals surface area contributed by atoms with E-state index in [-0.39, 0.29) is 11.7 Å². The molecule has 0 aromatic rings. The van der Waals surface area contributed by atoms with Crippen LogP contribution in [0.4, 0.5) is 0 Å². The lowest BCUT2D eigenvalue weighted by Gasteiger charge is -2.46. The second kappa shape index (κ2) is 5.58. The smallest absolute Gasteiger partial charge is 0.0730 e. The van der Waals surface area contributed by atoms with Gasteiger partial charge in [-0.3, -0.25) is 0 Å². The molecule has 1 spiro atoms. The van der Waals surface area contributed by atoms with Crippen LogP contribution in [0.2, 0.25) is 0 Å². The minimum Gasteiger partial charge on any atom is -0.393 e. The number of ether oxygens (including phenoxy) is 2. The van der Waals surface area contributed by atoms with Gasteiger partial charge in [-0.1, -0.05) is 20.3 Å². The summed E-state index contributed by atoms with van der Waals surface area (Å²) < 4.78 is 11.6. The zero-order valence-electron chi connectivity index (χ0n) is 13.1. The molecule has 3 unspecified atom stereocenters. The van der Waals surface area contributed by atoms with Crippen molar-refractivity contribution in [3.63, 3.8) is 0 Å². The van der Waals surface area contributed by atoms with E-state index in [1.165, 1.54) is 19.3 Å². The molecule has 3 rings (SSSR count). The Kier molecular flexibility index (Phi) is 4.13. The second-order valence-electron chi connectivity index (χ2n) is 7.87. The van der Waals surface area contributed by atoms with Crippen molar-refractivity contribution in [3.8, 4) is 0 Å². The number of rotatable bonds is 2. The molecule has 3 heteroatoms. The Morgan fingerprint density at radius 2 is 1.80 bits per heavy atom. The van der Waals surface area contributed by atoms with Gasteiger partial charge >= 0.3 is 0 Å². The van der Waals surface area contributed by atoms with Gasteiger partial charge in [0, 0.05) is 19.8 Å². The normalized spacial score (nSPS) is 38.0. The predicted molar refractivity (Wildman–Crippen MR) is 78.6 cm³/mol. The van der Waals surface area contributed by atoms with Crippen LogP contribution in [0.5, 0.6) is 0 Å². The lowest BCUT2D eigenvalue weighted by Crippen LogP contribution is -2.48. The van der Waals surface area contributed by atoms with Gasteiger partial charge in [0.15, 0.2) is 0 Å². The summed E-state index contributed by atoms with van der Waals surface area (Å²) in [5.74, 6) is 0.895. The molecular formula is C17H30O3. The average molecular weight is 282 g/mol. The van der Waals surface area contributed by atoms with Gasteiger partial charge in [-0.2, -0.15) is 0 Å². The Hall–Kier alpha value is -0.120. The van der Waals surface area contributed by atoms with Crippen LogP contribution in [0, 0.1) is 17.3 Å². The molecule has 0 radical (unpaired) electrons. The molecule has 3 aliphatic rings. The van der Waals surface area contributed by atoms with Crippen molar-refractivity contribution in [2.45, 2.75) is 70.5 Å². The van der Waals surface area contributed by atoms with E-state index in [0.29, 0.717) is 17.3 Å². The molecule has 1 N–H and O–H groups in total. The minimum atomic E-state index is -0.142. The fourth-order valence-electron chi connectivity index (χ4n) is 4.76. The van der Waals surface area contributed by atoms with Gasteiger partial charge in [-0.25, -0.2) is 0 Å². The topological polar surface area (TPSA) is 38.7 Å². The molecule has 1 aliphatic carbocycles. The van der Waals surface area contributed by atoms with Crippen molar-refractivity contribution in [2.75, 3.05) is 19.8 Å². The van der Waals surface area contributed by atoms with Crippen LogP contribution in [0.1, 0.15) is 58.8 Å². The molecule has 2 heterocycles. The Morgan fingerprint density at radius 1 is 1.05 bits per heavy atom. The van der Waals surface area contributed by atoms with Crippen LogP contribution in [0.3, 0.4) is 0 Å². The van der Waals surface area contributed by atoms with Crippen LogP contribution < -0.4 is 0 Å². The average Bonchev–Trinajstić information content (AvgIpc) is 2.78. The van der Waals surface area contributed by atoms with Crippen molar-refractivity contribution < 1.29 is 14.6 Å². The van der Waals surface area contributed by atoms with Gasteiger partial charge in [0.25, 0.3) is 0 Å². The van der Waals surface area contributed by atoms with Crippen LogP contribution >= 0.6 is 0 Å².